The Hall–Kier alpha value is -1.15. The number of hydrogen-bond acceptors (Lipinski definition) is 4. The fourth-order valence-corrected chi connectivity index (χ4v) is 5.71. The van der Waals surface area contributed by atoms with Crippen LogP contribution in [-0.4, -0.2) is 62.3 Å². The number of carbonyl (C=O) groups is 1. The molecule has 1 aromatic carbocycles. The first-order valence-electron chi connectivity index (χ1n) is 9.41. The topological polar surface area (TPSA) is 69.7 Å². The lowest BCUT2D eigenvalue weighted by atomic mass is 9.94. The lowest BCUT2D eigenvalue weighted by molar-refractivity contribution is 0.0655. The summed E-state index contributed by atoms with van der Waals surface area (Å²) in [5.41, 5.74) is 0.540. The van der Waals surface area contributed by atoms with Crippen LogP contribution in [0, 0.1) is 11.8 Å². The average molecular weight is 416 g/mol. The van der Waals surface area contributed by atoms with Crippen LogP contribution in [0.3, 0.4) is 0 Å². The van der Waals surface area contributed by atoms with E-state index in [4.69, 9.17) is 0 Å². The molecule has 0 aromatic heterocycles. The van der Waals surface area contributed by atoms with Gasteiger partial charge in [0.15, 0.2) is 0 Å². The first-order chi connectivity index (χ1) is 12.3. The van der Waals surface area contributed by atoms with Crippen LogP contribution >= 0.6 is 12.4 Å². The Balaban J connectivity index is 0.00000261. The van der Waals surface area contributed by atoms with E-state index in [0.717, 1.165) is 19.5 Å². The highest BCUT2D eigenvalue weighted by molar-refractivity contribution is 7.89. The summed E-state index contributed by atoms with van der Waals surface area (Å²) < 4.78 is 27.5. The highest BCUT2D eigenvalue weighted by Crippen LogP contribution is 2.27. The molecular formula is C19H30ClN3O3S. The molecule has 0 radical (unpaired) electrons. The molecule has 1 aromatic rings. The molecule has 2 heterocycles. The summed E-state index contributed by atoms with van der Waals surface area (Å²) in [5, 5.41) is 3.26. The normalized spacial score (nSPS) is 27.1. The third-order valence-corrected chi connectivity index (χ3v) is 7.18. The predicted octanol–water partition coefficient (Wildman–Crippen LogP) is 2.21. The smallest absolute Gasteiger partial charge is 0.254 e. The maximum Gasteiger partial charge on any atom is 0.254 e. The van der Waals surface area contributed by atoms with Crippen LogP contribution in [0.5, 0.6) is 0 Å². The van der Waals surface area contributed by atoms with Gasteiger partial charge in [0.25, 0.3) is 5.91 Å². The van der Waals surface area contributed by atoms with Crippen LogP contribution in [0.15, 0.2) is 29.2 Å². The standard InChI is InChI=1S/C19H29N3O3S.ClH/c1-14-10-15(2)13-21(12-14)26(24,25)18-6-4-17(5-7-18)19(23)22-9-8-20-11-16(22)3;/h4-7,14-16,20H,8-13H2,1-3H3;1H/t14?,15?,16-;/m1./s1. The molecule has 27 heavy (non-hydrogen) atoms. The molecule has 0 saturated carbocycles. The number of rotatable bonds is 3. The van der Waals surface area contributed by atoms with Crippen molar-refractivity contribution < 1.29 is 13.2 Å². The molecule has 2 aliphatic heterocycles. The number of benzene rings is 1. The van der Waals surface area contributed by atoms with Crippen molar-refractivity contribution in [2.24, 2.45) is 11.8 Å². The Labute approximate surface area is 168 Å². The van der Waals surface area contributed by atoms with E-state index in [0.29, 0.717) is 37.0 Å². The van der Waals surface area contributed by atoms with Crippen LogP contribution < -0.4 is 5.32 Å². The van der Waals surface area contributed by atoms with Gasteiger partial charge in [-0.1, -0.05) is 13.8 Å². The Morgan fingerprint density at radius 3 is 2.22 bits per heavy atom. The first kappa shape index (κ1) is 22.1. The van der Waals surface area contributed by atoms with Crippen molar-refractivity contribution in [2.45, 2.75) is 38.1 Å². The van der Waals surface area contributed by atoms with Gasteiger partial charge >= 0.3 is 0 Å². The zero-order chi connectivity index (χ0) is 18.9. The van der Waals surface area contributed by atoms with E-state index in [1.807, 2.05) is 11.8 Å². The number of nitrogens with zero attached hydrogens (tertiary/aromatic N) is 2. The van der Waals surface area contributed by atoms with Gasteiger partial charge in [-0.05, 0) is 49.4 Å². The Kier molecular flexibility index (Phi) is 7.30. The van der Waals surface area contributed by atoms with Gasteiger partial charge in [0.1, 0.15) is 0 Å². The number of piperazine rings is 1. The van der Waals surface area contributed by atoms with Crippen molar-refractivity contribution in [3.63, 3.8) is 0 Å². The van der Waals surface area contributed by atoms with E-state index in [1.165, 1.54) is 0 Å². The van der Waals surface area contributed by atoms with E-state index in [2.05, 4.69) is 19.2 Å². The summed E-state index contributed by atoms with van der Waals surface area (Å²) in [7, 11) is -3.51. The molecular weight excluding hydrogens is 386 g/mol. The molecule has 8 heteroatoms. The number of amides is 1. The minimum absolute atomic E-state index is 0. The molecule has 0 spiro atoms. The number of sulfonamides is 1. The minimum Gasteiger partial charge on any atom is -0.333 e. The van der Waals surface area contributed by atoms with E-state index in [9.17, 15) is 13.2 Å². The molecule has 0 aliphatic carbocycles. The van der Waals surface area contributed by atoms with Gasteiger partial charge in [-0.3, -0.25) is 4.79 Å². The van der Waals surface area contributed by atoms with Crippen molar-refractivity contribution in [3.05, 3.63) is 29.8 Å². The Morgan fingerprint density at radius 1 is 1.07 bits per heavy atom. The van der Waals surface area contributed by atoms with Crippen LogP contribution in [0.2, 0.25) is 0 Å². The van der Waals surface area contributed by atoms with Gasteiger partial charge in [0.05, 0.1) is 4.90 Å². The maximum absolute atomic E-state index is 12.9. The van der Waals surface area contributed by atoms with Crippen LogP contribution in [0.4, 0.5) is 0 Å². The molecule has 152 valence electrons. The van der Waals surface area contributed by atoms with Crippen molar-refractivity contribution in [1.29, 1.82) is 0 Å². The molecule has 2 aliphatic rings. The van der Waals surface area contributed by atoms with Crippen molar-refractivity contribution in [3.8, 4) is 0 Å². The second kappa shape index (κ2) is 8.90. The highest BCUT2D eigenvalue weighted by Gasteiger charge is 2.32. The average Bonchev–Trinajstić information content (AvgIpc) is 2.61. The molecule has 2 unspecified atom stereocenters. The van der Waals surface area contributed by atoms with Gasteiger partial charge in [-0.15, -0.1) is 12.4 Å². The number of hydrogen-bond donors (Lipinski definition) is 1. The summed E-state index contributed by atoms with van der Waals surface area (Å²) >= 11 is 0. The van der Waals surface area contributed by atoms with Crippen LogP contribution in [0.25, 0.3) is 0 Å². The summed E-state index contributed by atoms with van der Waals surface area (Å²) in [4.78, 5) is 14.8. The number of nitrogens with one attached hydrogen (secondary N) is 1. The van der Waals surface area contributed by atoms with E-state index >= 15 is 0 Å². The zero-order valence-electron chi connectivity index (χ0n) is 16.2. The first-order valence-corrected chi connectivity index (χ1v) is 10.8. The number of carbonyl (C=O) groups excluding carboxylic acids is 1. The number of halogens is 1. The van der Waals surface area contributed by atoms with Gasteiger partial charge in [0, 0.05) is 44.3 Å². The van der Waals surface area contributed by atoms with Gasteiger partial charge in [0.2, 0.25) is 10.0 Å². The molecule has 1 N–H and O–H groups in total. The quantitative estimate of drug-likeness (QED) is 0.821. The molecule has 1 amide bonds. The molecule has 2 fully saturated rings. The summed E-state index contributed by atoms with van der Waals surface area (Å²) in [6.45, 7) is 9.56. The monoisotopic (exact) mass is 415 g/mol. The van der Waals surface area contributed by atoms with Gasteiger partial charge < -0.3 is 10.2 Å². The summed E-state index contributed by atoms with van der Waals surface area (Å²) in [6.07, 6.45) is 1.06. The summed E-state index contributed by atoms with van der Waals surface area (Å²) in [6, 6.07) is 6.55. The Morgan fingerprint density at radius 2 is 1.67 bits per heavy atom. The highest BCUT2D eigenvalue weighted by atomic mass is 35.5. The fraction of sp³-hybridized carbons (Fsp3) is 0.632. The van der Waals surface area contributed by atoms with Gasteiger partial charge in [-0.25, -0.2) is 8.42 Å². The summed E-state index contributed by atoms with van der Waals surface area (Å²) in [5.74, 6) is 0.690. The molecule has 6 nitrogen and oxygen atoms in total. The third-order valence-electron chi connectivity index (χ3n) is 5.34. The van der Waals surface area contributed by atoms with Crippen LogP contribution in [0.1, 0.15) is 37.6 Å². The Bertz CT molecular complexity index is 744. The maximum atomic E-state index is 12.9. The second-order valence-electron chi connectivity index (χ2n) is 7.84. The van der Waals surface area contributed by atoms with E-state index in [-0.39, 0.29) is 29.3 Å². The van der Waals surface area contributed by atoms with Crippen molar-refractivity contribution >= 4 is 28.3 Å². The lowest BCUT2D eigenvalue weighted by Gasteiger charge is -2.34. The minimum atomic E-state index is -3.51. The lowest BCUT2D eigenvalue weighted by Crippen LogP contribution is -2.52. The van der Waals surface area contributed by atoms with Gasteiger partial charge in [-0.2, -0.15) is 4.31 Å². The molecule has 3 atom stereocenters. The van der Waals surface area contributed by atoms with Crippen molar-refractivity contribution in [1.82, 2.24) is 14.5 Å². The molecule has 3 rings (SSSR count). The fourth-order valence-electron chi connectivity index (χ4n) is 4.03. The van der Waals surface area contributed by atoms with E-state index in [1.54, 1.807) is 28.6 Å². The predicted molar refractivity (Wildman–Crippen MR) is 109 cm³/mol. The zero-order valence-corrected chi connectivity index (χ0v) is 17.9. The molecule has 2 saturated heterocycles. The SMILES string of the molecule is CC1CC(C)CN(S(=O)(=O)c2ccc(C(=O)N3CCNC[C@H]3C)cc2)C1.Cl. The van der Waals surface area contributed by atoms with E-state index < -0.39 is 10.0 Å². The second-order valence-corrected chi connectivity index (χ2v) is 9.78. The van der Waals surface area contributed by atoms with Crippen LogP contribution in [-0.2, 0) is 10.0 Å². The van der Waals surface area contributed by atoms with Crippen molar-refractivity contribution in [2.75, 3.05) is 32.7 Å². The molecule has 0 bridgehead atoms. The largest absolute Gasteiger partial charge is 0.333 e. The third kappa shape index (κ3) is 4.83. The number of piperidine rings is 1.